The van der Waals surface area contributed by atoms with Gasteiger partial charge in [0.05, 0.1) is 0 Å². The molecule has 21 heavy (non-hydrogen) atoms. The second-order valence-electron chi connectivity index (χ2n) is 6.06. The van der Waals surface area contributed by atoms with Gasteiger partial charge in [0, 0.05) is 36.1 Å². The van der Waals surface area contributed by atoms with Crippen molar-refractivity contribution in [2.24, 2.45) is 5.41 Å². The van der Waals surface area contributed by atoms with Crippen molar-refractivity contribution in [2.75, 3.05) is 0 Å². The Kier molecular flexibility index (Phi) is 3.98. The maximum Gasteiger partial charge on any atom is 0.433 e. The van der Waals surface area contributed by atoms with Crippen molar-refractivity contribution < 1.29 is 13.2 Å². The molecule has 3 nitrogen and oxygen atoms in total. The largest absolute Gasteiger partial charge is 0.433 e. The second-order valence-corrected chi connectivity index (χ2v) is 6.06. The summed E-state index contributed by atoms with van der Waals surface area (Å²) in [6.45, 7) is 6.26. The summed E-state index contributed by atoms with van der Waals surface area (Å²) in [7, 11) is 0. The number of rotatable bonds is 2. The van der Waals surface area contributed by atoms with E-state index < -0.39 is 11.9 Å². The molecule has 2 rings (SSSR count). The number of pyridine rings is 1. The van der Waals surface area contributed by atoms with Crippen molar-refractivity contribution in [1.82, 2.24) is 15.0 Å². The van der Waals surface area contributed by atoms with Gasteiger partial charge in [-0.25, -0.2) is 9.97 Å². The van der Waals surface area contributed by atoms with Crippen LogP contribution in [0.4, 0.5) is 13.2 Å². The van der Waals surface area contributed by atoms with E-state index in [0.29, 0.717) is 17.0 Å². The van der Waals surface area contributed by atoms with Crippen LogP contribution < -0.4 is 0 Å². The highest BCUT2D eigenvalue weighted by Gasteiger charge is 2.32. The van der Waals surface area contributed by atoms with Gasteiger partial charge in [0.1, 0.15) is 11.5 Å². The normalized spacial score (nSPS) is 12.5. The third kappa shape index (κ3) is 4.24. The Morgan fingerprint density at radius 2 is 1.43 bits per heavy atom. The molecule has 0 aliphatic rings. The molecule has 0 radical (unpaired) electrons. The van der Waals surface area contributed by atoms with Gasteiger partial charge in [-0.05, 0) is 11.5 Å². The average Bonchev–Trinajstić information content (AvgIpc) is 2.37. The molecule has 0 saturated heterocycles. The van der Waals surface area contributed by atoms with Gasteiger partial charge in [0.2, 0.25) is 0 Å². The van der Waals surface area contributed by atoms with Gasteiger partial charge in [0.15, 0.2) is 0 Å². The lowest BCUT2D eigenvalue weighted by atomic mass is 9.92. The summed E-state index contributed by atoms with van der Waals surface area (Å²) in [4.78, 5) is 11.9. The van der Waals surface area contributed by atoms with E-state index in [1.165, 1.54) is 12.3 Å². The van der Waals surface area contributed by atoms with Crippen molar-refractivity contribution in [3.05, 3.63) is 42.2 Å². The van der Waals surface area contributed by atoms with Crippen LogP contribution in [0.5, 0.6) is 0 Å². The summed E-state index contributed by atoms with van der Waals surface area (Å²) in [5.41, 5.74) is 0.382. The van der Waals surface area contributed by atoms with Crippen molar-refractivity contribution in [1.29, 1.82) is 0 Å². The topological polar surface area (TPSA) is 38.7 Å². The fourth-order valence-corrected chi connectivity index (χ4v) is 1.80. The Labute approximate surface area is 121 Å². The summed E-state index contributed by atoms with van der Waals surface area (Å²) in [6.07, 6.45) is 0.714. The Bertz CT molecular complexity index is 596. The van der Waals surface area contributed by atoms with Crippen molar-refractivity contribution >= 4 is 0 Å². The Morgan fingerprint density at radius 1 is 0.857 bits per heavy atom. The highest BCUT2D eigenvalue weighted by Crippen LogP contribution is 2.28. The molecule has 0 aliphatic heterocycles. The third-order valence-electron chi connectivity index (χ3n) is 2.78. The zero-order valence-corrected chi connectivity index (χ0v) is 12.1. The molecule has 0 aromatic carbocycles. The lowest BCUT2D eigenvalue weighted by Crippen LogP contribution is -2.11. The maximum atomic E-state index is 12.4. The highest BCUT2D eigenvalue weighted by molar-refractivity contribution is 5.60. The molecular formula is C15H16F3N3. The molecule has 112 valence electrons. The molecule has 2 aromatic heterocycles. The van der Waals surface area contributed by atoms with E-state index in [2.05, 4.69) is 35.7 Å². The summed E-state index contributed by atoms with van der Waals surface area (Å²) in [6, 6.07) is 2.33. The molecule has 0 N–H and O–H groups in total. The number of halogens is 3. The minimum absolute atomic E-state index is 0.0808. The number of nitrogens with zero attached hydrogens (tertiary/aromatic N) is 3. The summed E-state index contributed by atoms with van der Waals surface area (Å²) in [5, 5.41) is 0. The van der Waals surface area contributed by atoms with Crippen LogP contribution in [0, 0.1) is 5.41 Å². The van der Waals surface area contributed by atoms with E-state index in [4.69, 9.17) is 0 Å². The van der Waals surface area contributed by atoms with Crippen LogP contribution in [-0.4, -0.2) is 15.0 Å². The highest BCUT2D eigenvalue weighted by atomic mass is 19.4. The van der Waals surface area contributed by atoms with E-state index in [9.17, 15) is 13.2 Å². The fourth-order valence-electron chi connectivity index (χ4n) is 1.80. The monoisotopic (exact) mass is 295 g/mol. The predicted octanol–water partition coefficient (Wildman–Crippen LogP) is 4.15. The van der Waals surface area contributed by atoms with Gasteiger partial charge in [-0.3, -0.25) is 4.98 Å². The van der Waals surface area contributed by atoms with Crippen LogP contribution in [0.1, 0.15) is 32.3 Å². The Hall–Kier alpha value is -1.98. The molecule has 0 amide bonds. The average molecular weight is 295 g/mol. The van der Waals surface area contributed by atoms with Crippen LogP contribution in [0.2, 0.25) is 0 Å². The summed E-state index contributed by atoms with van der Waals surface area (Å²) in [5.74, 6) is 0.714. The lowest BCUT2D eigenvalue weighted by Gasteiger charge is -2.16. The summed E-state index contributed by atoms with van der Waals surface area (Å²) < 4.78 is 37.3. The molecule has 2 aromatic rings. The van der Waals surface area contributed by atoms with Crippen molar-refractivity contribution in [3.63, 3.8) is 0 Å². The molecule has 0 saturated carbocycles. The van der Waals surface area contributed by atoms with Crippen LogP contribution in [0.15, 0.2) is 30.7 Å². The minimum atomic E-state index is -4.43. The fraction of sp³-hybridized carbons (Fsp3) is 0.400. The van der Waals surface area contributed by atoms with Gasteiger partial charge < -0.3 is 0 Å². The molecular weight excluding hydrogens is 279 g/mol. The van der Waals surface area contributed by atoms with Crippen LogP contribution in [0.3, 0.4) is 0 Å². The molecule has 0 bridgehead atoms. The first-order valence-corrected chi connectivity index (χ1v) is 6.50. The Balaban J connectivity index is 2.19. The number of alkyl halides is 3. The molecule has 0 aliphatic carbocycles. The van der Waals surface area contributed by atoms with Crippen LogP contribution in [-0.2, 0) is 12.6 Å². The first kappa shape index (κ1) is 15.4. The molecule has 0 spiro atoms. The van der Waals surface area contributed by atoms with E-state index in [1.54, 1.807) is 12.4 Å². The number of aromatic nitrogens is 3. The molecule has 2 heterocycles. The SMILES string of the molecule is CC(C)(C)Cc1ncc(-c2ccc(C(F)(F)F)nc2)cn1. The van der Waals surface area contributed by atoms with Gasteiger partial charge in [0.25, 0.3) is 0 Å². The second kappa shape index (κ2) is 5.42. The van der Waals surface area contributed by atoms with E-state index in [-0.39, 0.29) is 5.41 Å². The van der Waals surface area contributed by atoms with Gasteiger partial charge >= 0.3 is 6.18 Å². The van der Waals surface area contributed by atoms with Gasteiger partial charge in [-0.2, -0.15) is 13.2 Å². The van der Waals surface area contributed by atoms with E-state index in [1.807, 2.05) is 0 Å². The number of hydrogen-bond acceptors (Lipinski definition) is 3. The molecule has 0 unspecified atom stereocenters. The summed E-state index contributed by atoms with van der Waals surface area (Å²) >= 11 is 0. The standard InChI is InChI=1S/C15H16F3N3/c1-14(2,3)6-13-20-8-11(9-21-13)10-4-5-12(19-7-10)15(16,17)18/h4-5,7-9H,6H2,1-3H3. The van der Waals surface area contributed by atoms with E-state index in [0.717, 1.165) is 12.5 Å². The number of hydrogen-bond donors (Lipinski definition) is 0. The molecule has 6 heteroatoms. The van der Waals surface area contributed by atoms with Gasteiger partial charge in [-0.1, -0.05) is 26.8 Å². The zero-order chi connectivity index (χ0) is 15.7. The quantitative estimate of drug-likeness (QED) is 0.835. The van der Waals surface area contributed by atoms with Crippen LogP contribution in [0.25, 0.3) is 11.1 Å². The van der Waals surface area contributed by atoms with Crippen molar-refractivity contribution in [2.45, 2.75) is 33.4 Å². The lowest BCUT2D eigenvalue weighted by molar-refractivity contribution is -0.141. The first-order valence-electron chi connectivity index (χ1n) is 6.50. The van der Waals surface area contributed by atoms with Gasteiger partial charge in [-0.15, -0.1) is 0 Å². The molecule has 0 fully saturated rings. The van der Waals surface area contributed by atoms with Crippen LogP contribution >= 0.6 is 0 Å². The third-order valence-corrected chi connectivity index (χ3v) is 2.78. The maximum absolute atomic E-state index is 12.4. The predicted molar refractivity (Wildman–Crippen MR) is 73.4 cm³/mol. The zero-order valence-electron chi connectivity index (χ0n) is 12.1. The van der Waals surface area contributed by atoms with E-state index >= 15 is 0 Å². The molecule has 0 atom stereocenters. The Morgan fingerprint density at radius 3 is 1.86 bits per heavy atom. The van der Waals surface area contributed by atoms with Crippen molar-refractivity contribution in [3.8, 4) is 11.1 Å². The first-order chi connectivity index (χ1) is 9.65. The minimum Gasteiger partial charge on any atom is -0.251 e. The smallest absolute Gasteiger partial charge is 0.251 e.